The number of nitrogens with zero attached hydrogens (tertiary/aromatic N) is 2. The van der Waals surface area contributed by atoms with Gasteiger partial charge in [-0.15, -0.1) is 0 Å². The lowest BCUT2D eigenvalue weighted by atomic mass is 9.90. The normalized spacial score (nSPS) is 22.7. The Morgan fingerprint density at radius 1 is 1.24 bits per heavy atom. The molecule has 0 aliphatic heterocycles. The van der Waals surface area contributed by atoms with Gasteiger partial charge in [0.15, 0.2) is 5.82 Å². The molecule has 0 radical (unpaired) electrons. The number of amides is 1. The summed E-state index contributed by atoms with van der Waals surface area (Å²) in [6.45, 7) is 5.72. The van der Waals surface area contributed by atoms with Crippen molar-refractivity contribution in [3.8, 4) is 6.01 Å². The predicted octanol–water partition coefficient (Wildman–Crippen LogP) is 2.47. The van der Waals surface area contributed by atoms with Crippen LogP contribution in [0.2, 0.25) is 0 Å². The smallest absolute Gasteiger partial charge is 0.316 e. The van der Waals surface area contributed by atoms with E-state index in [2.05, 4.69) is 15.3 Å². The average Bonchev–Trinajstić information content (AvgIpc) is 2.42. The van der Waals surface area contributed by atoms with Crippen LogP contribution in [0.25, 0.3) is 0 Å². The number of aromatic nitrogens is 2. The first kappa shape index (κ1) is 15.7. The van der Waals surface area contributed by atoms with Crippen LogP contribution in [0.3, 0.4) is 0 Å². The van der Waals surface area contributed by atoms with Gasteiger partial charge >= 0.3 is 6.01 Å². The lowest BCUT2D eigenvalue weighted by Crippen LogP contribution is -2.44. The molecule has 0 saturated heterocycles. The molecule has 0 bridgehead atoms. The first-order chi connectivity index (χ1) is 9.84. The van der Waals surface area contributed by atoms with Crippen molar-refractivity contribution in [3.05, 3.63) is 18.2 Å². The van der Waals surface area contributed by atoms with Crippen molar-refractivity contribution in [1.29, 1.82) is 0 Å². The summed E-state index contributed by atoms with van der Waals surface area (Å²) in [6.07, 6.45) is 5.61. The molecule has 0 atom stereocenters. The number of hydrogen-bond donors (Lipinski definition) is 1. The Kier molecular flexibility index (Phi) is 4.75. The maximum Gasteiger partial charge on any atom is 0.316 e. The zero-order chi connectivity index (χ0) is 15.5. The quantitative estimate of drug-likeness (QED) is 0.930. The topological polar surface area (TPSA) is 64.1 Å². The number of rotatable bonds is 3. The van der Waals surface area contributed by atoms with Gasteiger partial charge in [0.1, 0.15) is 6.10 Å². The number of hydrogen-bond acceptors (Lipinski definition) is 4. The molecule has 1 heterocycles. The molecule has 1 aliphatic rings. The van der Waals surface area contributed by atoms with Crippen molar-refractivity contribution in [3.63, 3.8) is 0 Å². The number of ether oxygens (including phenoxy) is 1. The van der Waals surface area contributed by atoms with Gasteiger partial charge in [-0.2, -0.15) is 0 Å². The Morgan fingerprint density at radius 3 is 2.33 bits per heavy atom. The molecule has 2 rings (SSSR count). The van der Waals surface area contributed by atoms with Crippen LogP contribution in [0.4, 0.5) is 4.39 Å². The fourth-order valence-electron chi connectivity index (χ4n) is 2.24. The SMILES string of the molecule is CC(C)(C)C(=O)NC1CCC(Oc2ncc(F)cn2)CC1. The monoisotopic (exact) mass is 295 g/mol. The Labute approximate surface area is 124 Å². The Morgan fingerprint density at radius 2 is 1.81 bits per heavy atom. The lowest BCUT2D eigenvalue weighted by molar-refractivity contribution is -0.129. The molecule has 1 saturated carbocycles. The molecule has 6 heteroatoms. The molecule has 1 N–H and O–H groups in total. The largest absolute Gasteiger partial charge is 0.460 e. The van der Waals surface area contributed by atoms with Crippen molar-refractivity contribution in [1.82, 2.24) is 15.3 Å². The average molecular weight is 295 g/mol. The molecular formula is C15H22FN3O2. The van der Waals surface area contributed by atoms with E-state index in [0.717, 1.165) is 38.1 Å². The van der Waals surface area contributed by atoms with E-state index < -0.39 is 5.82 Å². The van der Waals surface area contributed by atoms with E-state index in [-0.39, 0.29) is 29.5 Å². The van der Waals surface area contributed by atoms with Crippen LogP contribution in [-0.4, -0.2) is 28.0 Å². The van der Waals surface area contributed by atoms with Gasteiger partial charge < -0.3 is 10.1 Å². The first-order valence-corrected chi connectivity index (χ1v) is 7.30. The van der Waals surface area contributed by atoms with E-state index in [1.807, 2.05) is 20.8 Å². The van der Waals surface area contributed by atoms with Crippen LogP contribution in [0.1, 0.15) is 46.5 Å². The molecule has 1 aromatic rings. The Balaban J connectivity index is 1.78. The maximum atomic E-state index is 12.7. The van der Waals surface area contributed by atoms with E-state index in [1.54, 1.807) is 0 Å². The van der Waals surface area contributed by atoms with Gasteiger partial charge in [-0.25, -0.2) is 14.4 Å². The highest BCUT2D eigenvalue weighted by molar-refractivity contribution is 5.81. The summed E-state index contributed by atoms with van der Waals surface area (Å²) in [5, 5.41) is 3.08. The van der Waals surface area contributed by atoms with Crippen molar-refractivity contribution < 1.29 is 13.9 Å². The number of nitrogens with one attached hydrogen (secondary N) is 1. The second-order valence-corrected chi connectivity index (χ2v) is 6.50. The molecule has 0 aromatic carbocycles. The van der Waals surface area contributed by atoms with Crippen LogP contribution in [-0.2, 0) is 4.79 Å². The summed E-state index contributed by atoms with van der Waals surface area (Å²) in [7, 11) is 0. The second-order valence-electron chi connectivity index (χ2n) is 6.50. The summed E-state index contributed by atoms with van der Waals surface area (Å²) >= 11 is 0. The number of halogens is 1. The van der Waals surface area contributed by atoms with Gasteiger partial charge in [-0.3, -0.25) is 4.79 Å². The van der Waals surface area contributed by atoms with E-state index in [0.29, 0.717) is 0 Å². The summed E-state index contributed by atoms with van der Waals surface area (Å²) in [5.41, 5.74) is -0.366. The van der Waals surface area contributed by atoms with Crippen LogP contribution in [0.5, 0.6) is 6.01 Å². The van der Waals surface area contributed by atoms with Gasteiger partial charge in [0.05, 0.1) is 12.4 Å². The van der Waals surface area contributed by atoms with Crippen LogP contribution in [0, 0.1) is 11.2 Å². The molecule has 0 spiro atoms. The zero-order valence-electron chi connectivity index (χ0n) is 12.7. The highest BCUT2D eigenvalue weighted by Gasteiger charge is 2.28. The van der Waals surface area contributed by atoms with Gasteiger partial charge in [0.2, 0.25) is 5.91 Å². The van der Waals surface area contributed by atoms with Crippen molar-refractivity contribution in [2.75, 3.05) is 0 Å². The van der Waals surface area contributed by atoms with E-state index in [9.17, 15) is 9.18 Å². The Hall–Kier alpha value is -1.72. The van der Waals surface area contributed by atoms with Gasteiger partial charge in [-0.05, 0) is 25.7 Å². The molecule has 1 aliphatic carbocycles. The molecular weight excluding hydrogens is 273 g/mol. The predicted molar refractivity (Wildman–Crippen MR) is 76.3 cm³/mol. The molecule has 21 heavy (non-hydrogen) atoms. The van der Waals surface area contributed by atoms with Gasteiger partial charge in [-0.1, -0.05) is 20.8 Å². The fourth-order valence-corrected chi connectivity index (χ4v) is 2.24. The summed E-state index contributed by atoms with van der Waals surface area (Å²) in [4.78, 5) is 19.5. The van der Waals surface area contributed by atoms with Crippen molar-refractivity contribution >= 4 is 5.91 Å². The highest BCUT2D eigenvalue weighted by atomic mass is 19.1. The van der Waals surface area contributed by atoms with Gasteiger partial charge in [0, 0.05) is 11.5 Å². The van der Waals surface area contributed by atoms with Crippen molar-refractivity contribution in [2.45, 2.75) is 58.6 Å². The van der Waals surface area contributed by atoms with Crippen LogP contribution >= 0.6 is 0 Å². The molecule has 1 amide bonds. The molecule has 0 unspecified atom stereocenters. The minimum atomic E-state index is -0.476. The third-order valence-corrected chi connectivity index (χ3v) is 3.56. The Bertz CT molecular complexity index is 477. The van der Waals surface area contributed by atoms with Gasteiger partial charge in [0.25, 0.3) is 0 Å². The number of carbonyl (C=O) groups is 1. The first-order valence-electron chi connectivity index (χ1n) is 7.30. The molecule has 1 aromatic heterocycles. The van der Waals surface area contributed by atoms with Crippen LogP contribution < -0.4 is 10.1 Å². The summed E-state index contributed by atoms with van der Waals surface area (Å²) in [6, 6.07) is 0.407. The van der Waals surface area contributed by atoms with E-state index >= 15 is 0 Å². The molecule has 5 nitrogen and oxygen atoms in total. The minimum Gasteiger partial charge on any atom is -0.460 e. The fraction of sp³-hybridized carbons (Fsp3) is 0.667. The zero-order valence-corrected chi connectivity index (χ0v) is 12.7. The third kappa shape index (κ3) is 4.65. The number of carbonyl (C=O) groups excluding carboxylic acids is 1. The maximum absolute atomic E-state index is 12.7. The summed E-state index contributed by atoms with van der Waals surface area (Å²) in [5.74, 6) is -0.398. The standard InChI is InChI=1S/C15H22FN3O2/c1-15(2,3)13(20)19-11-4-6-12(7-5-11)21-14-17-8-10(16)9-18-14/h8-9,11-12H,4-7H2,1-3H3,(H,19,20). The molecule has 1 fully saturated rings. The lowest BCUT2D eigenvalue weighted by Gasteiger charge is -2.30. The van der Waals surface area contributed by atoms with E-state index in [1.165, 1.54) is 0 Å². The second kappa shape index (κ2) is 6.37. The van der Waals surface area contributed by atoms with Crippen molar-refractivity contribution in [2.24, 2.45) is 5.41 Å². The highest BCUT2D eigenvalue weighted by Crippen LogP contribution is 2.23. The van der Waals surface area contributed by atoms with E-state index in [4.69, 9.17) is 4.74 Å². The molecule has 116 valence electrons. The van der Waals surface area contributed by atoms with Crippen LogP contribution in [0.15, 0.2) is 12.4 Å². The third-order valence-electron chi connectivity index (χ3n) is 3.56. The minimum absolute atomic E-state index is 0.0262. The summed E-state index contributed by atoms with van der Waals surface area (Å²) < 4.78 is 18.3.